The number of carbonyl (C=O) groups excluding carboxylic acids is 1. The molecule has 0 atom stereocenters. The van der Waals surface area contributed by atoms with Crippen LogP contribution in [0.1, 0.15) is 5.56 Å². The van der Waals surface area contributed by atoms with Crippen molar-refractivity contribution in [2.75, 3.05) is 5.32 Å². The third kappa shape index (κ3) is 3.61. The minimum Gasteiger partial charge on any atom is -0.302 e. The molecule has 21 heavy (non-hydrogen) atoms. The van der Waals surface area contributed by atoms with Crippen LogP contribution < -0.4 is 5.32 Å². The fraction of sp³-hybridized carbons (Fsp3) is 0.0667. The molecule has 0 aliphatic carbocycles. The molecule has 106 valence electrons. The van der Waals surface area contributed by atoms with Crippen LogP contribution in [-0.4, -0.2) is 10.9 Å². The second-order valence-electron chi connectivity index (χ2n) is 4.48. The molecule has 0 saturated carbocycles. The minimum atomic E-state index is -0.0876. The Morgan fingerprint density at radius 2 is 2.00 bits per heavy atom. The molecule has 3 aromatic rings. The number of nitrogens with zero attached hydrogens (tertiary/aromatic N) is 1. The van der Waals surface area contributed by atoms with Gasteiger partial charge in [-0.3, -0.25) is 4.79 Å². The van der Waals surface area contributed by atoms with Gasteiger partial charge in [0.25, 0.3) is 0 Å². The molecule has 0 aliphatic heterocycles. The number of nitrogens with one attached hydrogen (secondary N) is 1. The van der Waals surface area contributed by atoms with Gasteiger partial charge in [0, 0.05) is 9.50 Å². The summed E-state index contributed by atoms with van der Waals surface area (Å²) in [5, 5.41) is 4.11. The summed E-state index contributed by atoms with van der Waals surface area (Å²) in [5.74, 6) is -0.0876. The van der Waals surface area contributed by atoms with Crippen molar-refractivity contribution in [3.8, 4) is 0 Å². The number of halogens is 2. The van der Waals surface area contributed by atoms with Crippen molar-refractivity contribution in [2.24, 2.45) is 0 Å². The highest BCUT2D eigenvalue weighted by molar-refractivity contribution is 9.10. The Morgan fingerprint density at radius 1 is 1.24 bits per heavy atom. The predicted octanol–water partition coefficient (Wildman–Crippen LogP) is 4.89. The number of anilines is 1. The molecule has 0 unspecified atom stereocenters. The molecule has 2 aromatic carbocycles. The van der Waals surface area contributed by atoms with E-state index in [9.17, 15) is 4.79 Å². The van der Waals surface area contributed by atoms with Gasteiger partial charge in [0.15, 0.2) is 5.13 Å². The second kappa shape index (κ2) is 6.13. The third-order valence-electron chi connectivity index (χ3n) is 2.87. The SMILES string of the molecule is O=C(Cc1ccc(Cl)cc1)Nc1nc2ccc(Br)cc2s1. The lowest BCUT2D eigenvalue weighted by atomic mass is 10.1. The van der Waals surface area contributed by atoms with Crippen molar-refractivity contribution < 1.29 is 4.79 Å². The zero-order chi connectivity index (χ0) is 14.8. The molecule has 0 bridgehead atoms. The summed E-state index contributed by atoms with van der Waals surface area (Å²) in [6.07, 6.45) is 0.302. The summed E-state index contributed by atoms with van der Waals surface area (Å²) in [5.41, 5.74) is 1.80. The van der Waals surface area contributed by atoms with Crippen LogP contribution in [0.15, 0.2) is 46.9 Å². The van der Waals surface area contributed by atoms with Crippen LogP contribution in [-0.2, 0) is 11.2 Å². The van der Waals surface area contributed by atoms with Gasteiger partial charge in [-0.05, 0) is 35.9 Å². The van der Waals surface area contributed by atoms with Gasteiger partial charge >= 0.3 is 0 Å². The Morgan fingerprint density at radius 3 is 2.76 bits per heavy atom. The van der Waals surface area contributed by atoms with Crippen LogP contribution in [0.2, 0.25) is 5.02 Å². The van der Waals surface area contributed by atoms with E-state index in [2.05, 4.69) is 26.2 Å². The molecular formula is C15H10BrClN2OS. The average molecular weight is 382 g/mol. The molecule has 0 aliphatic rings. The Kier molecular flexibility index (Phi) is 4.24. The van der Waals surface area contributed by atoms with Gasteiger partial charge in [0.1, 0.15) is 0 Å². The Hall–Kier alpha value is -1.43. The van der Waals surface area contributed by atoms with Crippen LogP contribution >= 0.6 is 38.9 Å². The molecule has 0 radical (unpaired) electrons. The molecule has 0 spiro atoms. The first kappa shape index (κ1) is 14.5. The Labute approximate surface area is 139 Å². The number of carbonyl (C=O) groups is 1. The molecule has 1 N–H and O–H groups in total. The highest BCUT2D eigenvalue weighted by atomic mass is 79.9. The van der Waals surface area contributed by atoms with Gasteiger partial charge in [-0.25, -0.2) is 4.98 Å². The summed E-state index contributed by atoms with van der Waals surface area (Å²) in [4.78, 5) is 16.4. The van der Waals surface area contributed by atoms with Crippen molar-refractivity contribution in [3.63, 3.8) is 0 Å². The lowest BCUT2D eigenvalue weighted by molar-refractivity contribution is -0.115. The van der Waals surface area contributed by atoms with Crippen LogP contribution in [0, 0.1) is 0 Å². The van der Waals surface area contributed by atoms with Gasteiger partial charge < -0.3 is 5.32 Å². The van der Waals surface area contributed by atoms with Gasteiger partial charge in [-0.1, -0.05) is 51.0 Å². The van der Waals surface area contributed by atoms with Crippen LogP contribution in [0.25, 0.3) is 10.2 Å². The molecule has 0 fully saturated rings. The minimum absolute atomic E-state index is 0.0876. The number of thiazole rings is 1. The van der Waals surface area contributed by atoms with E-state index >= 15 is 0 Å². The molecule has 1 heterocycles. The van der Waals surface area contributed by atoms with Gasteiger partial charge in [-0.2, -0.15) is 0 Å². The number of amides is 1. The summed E-state index contributed by atoms with van der Waals surface area (Å²) in [6, 6.07) is 13.1. The fourth-order valence-electron chi connectivity index (χ4n) is 1.90. The highest BCUT2D eigenvalue weighted by Crippen LogP contribution is 2.28. The number of fused-ring (bicyclic) bond motifs is 1. The number of hydrogen-bond acceptors (Lipinski definition) is 3. The van der Waals surface area contributed by atoms with Gasteiger partial charge in [-0.15, -0.1) is 0 Å². The van der Waals surface area contributed by atoms with E-state index in [1.807, 2.05) is 30.3 Å². The molecule has 0 saturated heterocycles. The zero-order valence-corrected chi connectivity index (χ0v) is 13.9. The highest BCUT2D eigenvalue weighted by Gasteiger charge is 2.09. The summed E-state index contributed by atoms with van der Waals surface area (Å²) < 4.78 is 2.03. The summed E-state index contributed by atoms with van der Waals surface area (Å²) in [6.45, 7) is 0. The standard InChI is InChI=1S/C15H10BrClN2OS/c16-10-3-6-12-13(8-10)21-15(18-12)19-14(20)7-9-1-4-11(17)5-2-9/h1-6,8H,7H2,(H,18,19,20). The topological polar surface area (TPSA) is 42.0 Å². The first-order valence-electron chi connectivity index (χ1n) is 6.20. The maximum absolute atomic E-state index is 12.0. The van der Waals surface area contributed by atoms with Crippen molar-refractivity contribution in [1.82, 2.24) is 4.98 Å². The summed E-state index contributed by atoms with van der Waals surface area (Å²) >= 11 is 10.7. The zero-order valence-electron chi connectivity index (χ0n) is 10.8. The quantitative estimate of drug-likeness (QED) is 0.701. The van der Waals surface area contributed by atoms with Gasteiger partial charge in [0.2, 0.25) is 5.91 Å². The first-order valence-corrected chi connectivity index (χ1v) is 8.19. The van der Waals surface area contributed by atoms with E-state index in [0.717, 1.165) is 20.3 Å². The van der Waals surface area contributed by atoms with E-state index in [0.29, 0.717) is 16.6 Å². The number of aromatic nitrogens is 1. The van der Waals surface area contributed by atoms with Crippen LogP contribution in [0.3, 0.4) is 0 Å². The number of rotatable bonds is 3. The largest absolute Gasteiger partial charge is 0.302 e. The lowest BCUT2D eigenvalue weighted by Gasteiger charge is -2.01. The third-order valence-corrected chi connectivity index (χ3v) is 4.55. The van der Waals surface area contributed by atoms with Crippen molar-refractivity contribution in [1.29, 1.82) is 0 Å². The average Bonchev–Trinajstić information content (AvgIpc) is 2.82. The molecule has 3 rings (SSSR count). The van der Waals surface area contributed by atoms with Crippen molar-refractivity contribution >= 4 is 60.1 Å². The second-order valence-corrected chi connectivity index (χ2v) is 6.87. The predicted molar refractivity (Wildman–Crippen MR) is 91.1 cm³/mol. The Balaban J connectivity index is 1.72. The number of hydrogen-bond donors (Lipinski definition) is 1. The molecule has 1 amide bonds. The molecular weight excluding hydrogens is 372 g/mol. The molecule has 3 nitrogen and oxygen atoms in total. The Bertz CT molecular complexity index is 801. The fourth-order valence-corrected chi connectivity index (χ4v) is 3.46. The van der Waals surface area contributed by atoms with Crippen molar-refractivity contribution in [3.05, 3.63) is 57.5 Å². The van der Waals surface area contributed by atoms with Crippen LogP contribution in [0.4, 0.5) is 5.13 Å². The van der Waals surface area contributed by atoms with E-state index in [1.165, 1.54) is 11.3 Å². The van der Waals surface area contributed by atoms with E-state index < -0.39 is 0 Å². The van der Waals surface area contributed by atoms with E-state index in [1.54, 1.807) is 12.1 Å². The van der Waals surface area contributed by atoms with Gasteiger partial charge in [0.05, 0.1) is 16.6 Å². The maximum atomic E-state index is 12.0. The smallest absolute Gasteiger partial charge is 0.230 e. The number of benzene rings is 2. The van der Waals surface area contributed by atoms with Crippen LogP contribution in [0.5, 0.6) is 0 Å². The molecule has 1 aromatic heterocycles. The lowest BCUT2D eigenvalue weighted by Crippen LogP contribution is -2.14. The maximum Gasteiger partial charge on any atom is 0.230 e. The van der Waals surface area contributed by atoms with E-state index in [4.69, 9.17) is 11.6 Å². The molecule has 6 heteroatoms. The summed E-state index contributed by atoms with van der Waals surface area (Å²) in [7, 11) is 0. The van der Waals surface area contributed by atoms with Crippen molar-refractivity contribution in [2.45, 2.75) is 6.42 Å². The van der Waals surface area contributed by atoms with E-state index in [-0.39, 0.29) is 5.91 Å². The normalized spacial score (nSPS) is 10.8. The monoisotopic (exact) mass is 380 g/mol. The first-order chi connectivity index (χ1) is 10.1.